The molecule has 0 radical (unpaired) electrons. The SMILES string of the molecule is CC/C=C\C/C=C\C/C=C\C/C=C\C/C=C\CCCCCC(=O)NC(COP(=O)(O)OCCN)C(O)CCCCCCCCCCCCCCC. The fourth-order valence-electron chi connectivity index (χ4n) is 5.57. The monoisotopic (exact) mass is 737 g/mol. The molecule has 8 nitrogen and oxygen atoms in total. The van der Waals surface area contributed by atoms with Gasteiger partial charge in [-0.2, -0.15) is 0 Å². The predicted molar refractivity (Wildman–Crippen MR) is 217 cm³/mol. The van der Waals surface area contributed by atoms with Crippen molar-refractivity contribution in [2.45, 2.75) is 180 Å². The molecule has 0 rings (SSSR count). The summed E-state index contributed by atoms with van der Waals surface area (Å²) in [5.74, 6) is -0.196. The highest BCUT2D eigenvalue weighted by atomic mass is 31.2. The molecule has 51 heavy (non-hydrogen) atoms. The van der Waals surface area contributed by atoms with Gasteiger partial charge in [0.05, 0.1) is 25.4 Å². The molecule has 0 spiro atoms. The lowest BCUT2D eigenvalue weighted by Gasteiger charge is -2.25. The average molecular weight is 737 g/mol. The van der Waals surface area contributed by atoms with Crippen LogP contribution in [-0.2, 0) is 18.4 Å². The highest BCUT2D eigenvalue weighted by molar-refractivity contribution is 7.47. The number of carbonyl (C=O) groups excluding carboxylic acids is 1. The molecule has 1 amide bonds. The maximum atomic E-state index is 12.7. The Hall–Kier alpha value is -1.80. The molecule has 3 unspecified atom stereocenters. The minimum Gasteiger partial charge on any atom is -0.391 e. The van der Waals surface area contributed by atoms with Crippen LogP contribution >= 0.6 is 7.82 Å². The number of rotatable bonds is 37. The van der Waals surface area contributed by atoms with E-state index >= 15 is 0 Å². The standard InChI is InChI=1S/C42H77N2O6P/c1-3-5-7-9-11-13-15-17-18-19-20-21-22-24-26-28-30-32-34-36-42(46)44-40(39-50-51(47,48)49-38-37-43)41(45)35-33-31-29-27-25-23-16-14-12-10-8-6-4-2/h5,7,11,13,17-18,20-21,24,26,40-41,45H,3-4,6,8-10,12,14-16,19,22-23,25,27-39,43H2,1-2H3,(H,44,46)(H,47,48)/b7-5-,13-11-,18-17-,21-20-,26-24-. The quantitative estimate of drug-likeness (QED) is 0.0284. The molecule has 0 aromatic carbocycles. The fourth-order valence-corrected chi connectivity index (χ4v) is 6.33. The number of carbonyl (C=O) groups is 1. The van der Waals surface area contributed by atoms with E-state index in [1.165, 1.54) is 64.2 Å². The van der Waals surface area contributed by atoms with Crippen LogP contribution in [0.3, 0.4) is 0 Å². The fraction of sp³-hybridized carbons (Fsp3) is 0.738. The van der Waals surface area contributed by atoms with Crippen molar-refractivity contribution in [2.75, 3.05) is 19.8 Å². The molecule has 0 aliphatic rings. The zero-order chi connectivity index (χ0) is 37.5. The Kier molecular flexibility index (Phi) is 36.6. The molecule has 0 bridgehead atoms. The van der Waals surface area contributed by atoms with Crippen LogP contribution in [0.4, 0.5) is 0 Å². The molecule has 0 aromatic rings. The van der Waals surface area contributed by atoms with Crippen LogP contribution in [0.2, 0.25) is 0 Å². The molecule has 0 fully saturated rings. The van der Waals surface area contributed by atoms with Gasteiger partial charge in [0.2, 0.25) is 5.91 Å². The van der Waals surface area contributed by atoms with Crippen LogP contribution in [0, 0.1) is 0 Å². The Morgan fingerprint density at radius 1 is 0.667 bits per heavy atom. The van der Waals surface area contributed by atoms with Crippen molar-refractivity contribution in [2.24, 2.45) is 5.73 Å². The van der Waals surface area contributed by atoms with E-state index in [1.54, 1.807) is 0 Å². The Labute approximate surface area is 313 Å². The Balaban J connectivity index is 4.29. The summed E-state index contributed by atoms with van der Waals surface area (Å²) in [5, 5.41) is 13.7. The molecule has 0 aliphatic heterocycles. The minimum atomic E-state index is -4.32. The van der Waals surface area contributed by atoms with E-state index in [0.717, 1.165) is 77.0 Å². The van der Waals surface area contributed by atoms with Crippen LogP contribution in [-0.4, -0.2) is 47.8 Å². The third-order valence-corrected chi connectivity index (χ3v) is 9.62. The van der Waals surface area contributed by atoms with E-state index in [4.69, 9.17) is 14.8 Å². The van der Waals surface area contributed by atoms with Crippen LogP contribution < -0.4 is 11.1 Å². The highest BCUT2D eigenvalue weighted by Gasteiger charge is 2.27. The number of amides is 1. The number of nitrogens with two attached hydrogens (primary N) is 1. The van der Waals surface area contributed by atoms with E-state index in [-0.39, 0.29) is 25.7 Å². The number of hydrogen-bond donors (Lipinski definition) is 4. The normalized spacial score (nSPS) is 14.8. The third-order valence-electron chi connectivity index (χ3n) is 8.64. The zero-order valence-corrected chi connectivity index (χ0v) is 33.5. The largest absolute Gasteiger partial charge is 0.472 e. The number of phosphoric acid groups is 1. The predicted octanol–water partition coefficient (Wildman–Crippen LogP) is 11.1. The third kappa shape index (κ3) is 36.4. The number of hydrogen-bond acceptors (Lipinski definition) is 6. The van der Waals surface area contributed by atoms with Crippen molar-refractivity contribution in [3.05, 3.63) is 60.8 Å². The van der Waals surface area contributed by atoms with Gasteiger partial charge in [-0.1, -0.05) is 164 Å². The summed E-state index contributed by atoms with van der Waals surface area (Å²) in [6.07, 6.45) is 46.5. The van der Waals surface area contributed by atoms with Gasteiger partial charge in [0.15, 0.2) is 0 Å². The molecule has 0 aromatic heterocycles. The van der Waals surface area contributed by atoms with Crippen LogP contribution in [0.25, 0.3) is 0 Å². The molecule has 5 N–H and O–H groups in total. The number of aliphatic hydroxyl groups is 1. The van der Waals surface area contributed by atoms with Gasteiger partial charge in [-0.25, -0.2) is 4.57 Å². The second-order valence-electron chi connectivity index (χ2n) is 13.5. The Bertz CT molecular complexity index is 980. The van der Waals surface area contributed by atoms with Gasteiger partial charge in [-0.3, -0.25) is 13.8 Å². The average Bonchev–Trinajstić information content (AvgIpc) is 3.12. The van der Waals surface area contributed by atoms with Gasteiger partial charge < -0.3 is 21.1 Å². The van der Waals surface area contributed by atoms with Gasteiger partial charge in [0.1, 0.15) is 0 Å². The van der Waals surface area contributed by atoms with Crippen molar-refractivity contribution >= 4 is 13.7 Å². The summed E-state index contributed by atoms with van der Waals surface area (Å²) in [6.45, 7) is 4.05. The summed E-state index contributed by atoms with van der Waals surface area (Å²) < 4.78 is 22.1. The molecule has 296 valence electrons. The van der Waals surface area contributed by atoms with Gasteiger partial charge in [-0.05, 0) is 57.8 Å². The van der Waals surface area contributed by atoms with Crippen LogP contribution in [0.5, 0.6) is 0 Å². The topological polar surface area (TPSA) is 131 Å². The number of phosphoric ester groups is 1. The molecule has 0 heterocycles. The van der Waals surface area contributed by atoms with E-state index in [1.807, 2.05) is 0 Å². The molecular weight excluding hydrogens is 659 g/mol. The van der Waals surface area contributed by atoms with E-state index in [0.29, 0.717) is 12.8 Å². The first-order valence-electron chi connectivity index (χ1n) is 20.4. The summed E-state index contributed by atoms with van der Waals surface area (Å²) >= 11 is 0. The molecular formula is C42H77N2O6P. The first-order valence-corrected chi connectivity index (χ1v) is 21.9. The molecule has 0 saturated carbocycles. The molecule has 0 aliphatic carbocycles. The summed E-state index contributed by atoms with van der Waals surface area (Å²) in [6, 6.07) is -0.793. The van der Waals surface area contributed by atoms with Gasteiger partial charge in [-0.15, -0.1) is 0 Å². The zero-order valence-electron chi connectivity index (χ0n) is 32.6. The lowest BCUT2D eigenvalue weighted by Crippen LogP contribution is -2.46. The van der Waals surface area contributed by atoms with Crippen molar-refractivity contribution in [1.82, 2.24) is 5.32 Å². The van der Waals surface area contributed by atoms with Crippen molar-refractivity contribution < 1.29 is 28.4 Å². The minimum absolute atomic E-state index is 0.0802. The smallest absolute Gasteiger partial charge is 0.391 e. The van der Waals surface area contributed by atoms with E-state index in [2.05, 4.69) is 79.9 Å². The molecule has 0 saturated heterocycles. The molecule has 9 heteroatoms. The Morgan fingerprint density at radius 3 is 1.65 bits per heavy atom. The number of aliphatic hydroxyl groups excluding tert-OH is 1. The summed E-state index contributed by atoms with van der Waals surface area (Å²) in [5.41, 5.74) is 5.37. The lowest BCUT2D eigenvalue weighted by molar-refractivity contribution is -0.123. The first-order chi connectivity index (χ1) is 24.9. The van der Waals surface area contributed by atoms with Crippen molar-refractivity contribution in [1.29, 1.82) is 0 Å². The summed E-state index contributed by atoms with van der Waals surface area (Å²) in [7, 11) is -4.32. The van der Waals surface area contributed by atoms with Crippen LogP contribution in [0.15, 0.2) is 60.8 Å². The van der Waals surface area contributed by atoms with Crippen molar-refractivity contribution in [3.63, 3.8) is 0 Å². The van der Waals surface area contributed by atoms with Crippen LogP contribution in [0.1, 0.15) is 168 Å². The highest BCUT2D eigenvalue weighted by Crippen LogP contribution is 2.43. The number of nitrogens with one attached hydrogen (secondary N) is 1. The van der Waals surface area contributed by atoms with Gasteiger partial charge >= 0.3 is 7.82 Å². The maximum Gasteiger partial charge on any atom is 0.472 e. The van der Waals surface area contributed by atoms with Crippen molar-refractivity contribution in [3.8, 4) is 0 Å². The van der Waals surface area contributed by atoms with Gasteiger partial charge in [0, 0.05) is 13.0 Å². The van der Waals surface area contributed by atoms with E-state index < -0.39 is 20.0 Å². The second-order valence-corrected chi connectivity index (χ2v) is 14.9. The lowest BCUT2D eigenvalue weighted by atomic mass is 10.0. The molecule has 3 atom stereocenters. The maximum absolute atomic E-state index is 12.7. The number of allylic oxidation sites excluding steroid dienone is 10. The summed E-state index contributed by atoms with van der Waals surface area (Å²) in [4.78, 5) is 22.7. The second kappa shape index (κ2) is 37.9. The Morgan fingerprint density at radius 2 is 1.14 bits per heavy atom. The van der Waals surface area contributed by atoms with E-state index in [9.17, 15) is 19.4 Å². The first kappa shape index (κ1) is 49.2. The van der Waals surface area contributed by atoms with Gasteiger partial charge in [0.25, 0.3) is 0 Å². The number of unbranched alkanes of at least 4 members (excludes halogenated alkanes) is 15.